The van der Waals surface area contributed by atoms with Gasteiger partial charge in [-0.3, -0.25) is 4.79 Å². The Morgan fingerprint density at radius 2 is 2.08 bits per heavy atom. The summed E-state index contributed by atoms with van der Waals surface area (Å²) in [6.45, 7) is 3.67. The van der Waals surface area contributed by atoms with Crippen LogP contribution in [0.25, 0.3) is 5.69 Å². The number of fused-ring (bicyclic) bond motifs is 1. The van der Waals surface area contributed by atoms with E-state index in [0.717, 1.165) is 18.7 Å². The maximum absolute atomic E-state index is 12.7. The van der Waals surface area contributed by atoms with Gasteiger partial charge in [0.25, 0.3) is 5.91 Å². The molecule has 0 saturated carbocycles. The minimum atomic E-state index is 0.00820. The van der Waals surface area contributed by atoms with Crippen LogP contribution >= 0.6 is 0 Å². The Bertz CT molecular complexity index is 871. The Kier molecular flexibility index (Phi) is 4.39. The lowest BCUT2D eigenvalue weighted by molar-refractivity contribution is -0.137. The molecular formula is C18H20N6O2. The molecule has 0 aliphatic carbocycles. The second-order valence-electron chi connectivity index (χ2n) is 6.17. The van der Waals surface area contributed by atoms with Crippen LogP contribution in [0.1, 0.15) is 25.1 Å². The van der Waals surface area contributed by atoms with Gasteiger partial charge in [-0.1, -0.05) is 6.92 Å². The summed E-state index contributed by atoms with van der Waals surface area (Å²) >= 11 is 0. The summed E-state index contributed by atoms with van der Waals surface area (Å²) in [5.41, 5.74) is 2.02. The molecule has 4 rings (SSSR count). The van der Waals surface area contributed by atoms with E-state index in [1.165, 1.54) is 12.0 Å². The zero-order valence-electron chi connectivity index (χ0n) is 14.5. The van der Waals surface area contributed by atoms with E-state index in [1.54, 1.807) is 4.68 Å². The number of carbonyl (C=O) groups is 1. The number of ether oxygens (including phenoxy) is 1. The number of aromatic nitrogens is 5. The van der Waals surface area contributed by atoms with Crippen molar-refractivity contribution in [3.05, 3.63) is 54.6 Å². The molecule has 0 radical (unpaired) electrons. The second kappa shape index (κ2) is 6.99. The van der Waals surface area contributed by atoms with Crippen molar-refractivity contribution >= 4 is 5.91 Å². The third kappa shape index (κ3) is 3.05. The molecule has 2 aromatic heterocycles. The van der Waals surface area contributed by atoms with Crippen molar-refractivity contribution in [2.45, 2.75) is 25.9 Å². The van der Waals surface area contributed by atoms with E-state index in [0.29, 0.717) is 12.3 Å². The van der Waals surface area contributed by atoms with Crippen LogP contribution in [0.4, 0.5) is 0 Å². The molecule has 3 aromatic rings. The first-order chi connectivity index (χ1) is 12.8. The highest BCUT2D eigenvalue weighted by Crippen LogP contribution is 2.28. The van der Waals surface area contributed by atoms with Crippen molar-refractivity contribution < 1.29 is 9.53 Å². The maximum atomic E-state index is 12.7. The number of amides is 1. The number of hydrogen-bond donors (Lipinski definition) is 0. The molecule has 1 aliphatic heterocycles. The molecule has 1 aliphatic rings. The fraction of sp³-hybridized carbons (Fsp3) is 0.333. The Balaban J connectivity index is 1.39. The van der Waals surface area contributed by atoms with Gasteiger partial charge in [-0.2, -0.15) is 0 Å². The van der Waals surface area contributed by atoms with Gasteiger partial charge in [0.1, 0.15) is 12.1 Å². The van der Waals surface area contributed by atoms with Crippen molar-refractivity contribution in [1.29, 1.82) is 0 Å². The third-order valence-corrected chi connectivity index (χ3v) is 4.68. The van der Waals surface area contributed by atoms with Crippen molar-refractivity contribution in [2.24, 2.45) is 0 Å². The second-order valence-corrected chi connectivity index (χ2v) is 6.17. The highest BCUT2D eigenvalue weighted by molar-refractivity contribution is 5.78. The Hall–Kier alpha value is -3.16. The van der Waals surface area contributed by atoms with E-state index in [-0.39, 0.29) is 18.6 Å². The van der Waals surface area contributed by atoms with E-state index < -0.39 is 0 Å². The van der Waals surface area contributed by atoms with E-state index in [4.69, 9.17) is 4.74 Å². The average Bonchev–Trinajstić information content (AvgIpc) is 3.37. The fourth-order valence-corrected chi connectivity index (χ4v) is 3.40. The summed E-state index contributed by atoms with van der Waals surface area (Å²) in [6.07, 6.45) is 4.48. The molecular weight excluding hydrogens is 332 g/mol. The predicted molar refractivity (Wildman–Crippen MR) is 93.8 cm³/mol. The van der Waals surface area contributed by atoms with Crippen molar-refractivity contribution in [3.63, 3.8) is 0 Å². The van der Waals surface area contributed by atoms with Crippen LogP contribution in [0.5, 0.6) is 5.75 Å². The van der Waals surface area contributed by atoms with Crippen LogP contribution in [-0.2, 0) is 11.3 Å². The minimum Gasteiger partial charge on any atom is -0.484 e. The molecule has 8 nitrogen and oxygen atoms in total. The Morgan fingerprint density at radius 3 is 2.81 bits per heavy atom. The minimum absolute atomic E-state index is 0.00820. The van der Waals surface area contributed by atoms with Crippen molar-refractivity contribution in [1.82, 2.24) is 29.7 Å². The van der Waals surface area contributed by atoms with Crippen LogP contribution in [0.2, 0.25) is 0 Å². The van der Waals surface area contributed by atoms with Gasteiger partial charge >= 0.3 is 0 Å². The van der Waals surface area contributed by atoms with E-state index in [9.17, 15) is 4.79 Å². The molecule has 1 atom stereocenters. The topological polar surface area (TPSA) is 78.1 Å². The molecule has 0 N–H and O–H groups in total. The van der Waals surface area contributed by atoms with Gasteiger partial charge in [-0.25, -0.2) is 4.68 Å². The summed E-state index contributed by atoms with van der Waals surface area (Å²) in [5, 5.41) is 11.1. The monoisotopic (exact) mass is 352 g/mol. The normalized spacial score (nSPS) is 16.3. The standard InChI is InChI=1S/C18H20N6O2/c1-2-16-17-4-3-9-22(17)10-11-23(16)18(25)12-26-15-7-5-14(6-8-15)24-13-19-20-21-24/h3-9,13,16H,2,10-12H2,1H3. The molecule has 1 amide bonds. The van der Waals surface area contributed by atoms with Gasteiger partial charge in [0.05, 0.1) is 11.7 Å². The molecule has 1 unspecified atom stereocenters. The van der Waals surface area contributed by atoms with Crippen LogP contribution < -0.4 is 4.74 Å². The number of benzene rings is 1. The molecule has 8 heteroatoms. The lowest BCUT2D eigenvalue weighted by Crippen LogP contribution is -2.43. The zero-order chi connectivity index (χ0) is 17.9. The van der Waals surface area contributed by atoms with Crippen LogP contribution in [0.15, 0.2) is 48.9 Å². The summed E-state index contributed by atoms with van der Waals surface area (Å²) in [4.78, 5) is 14.6. The first-order valence-corrected chi connectivity index (χ1v) is 8.67. The number of carbonyl (C=O) groups excluding carboxylic acids is 1. The van der Waals surface area contributed by atoms with Gasteiger partial charge in [-0.05, 0) is 53.2 Å². The number of nitrogens with zero attached hydrogens (tertiary/aromatic N) is 6. The molecule has 0 saturated heterocycles. The molecule has 1 aromatic carbocycles. The van der Waals surface area contributed by atoms with Crippen LogP contribution in [0, 0.1) is 0 Å². The Morgan fingerprint density at radius 1 is 1.23 bits per heavy atom. The molecule has 0 spiro atoms. The van der Waals surface area contributed by atoms with Gasteiger partial charge in [-0.15, -0.1) is 5.10 Å². The highest BCUT2D eigenvalue weighted by Gasteiger charge is 2.29. The quantitative estimate of drug-likeness (QED) is 0.700. The van der Waals surface area contributed by atoms with Gasteiger partial charge in [0.2, 0.25) is 0 Å². The lowest BCUT2D eigenvalue weighted by Gasteiger charge is -2.36. The van der Waals surface area contributed by atoms with E-state index in [2.05, 4.69) is 39.3 Å². The van der Waals surface area contributed by atoms with Gasteiger partial charge in [0.15, 0.2) is 6.61 Å². The summed E-state index contributed by atoms with van der Waals surface area (Å²) in [5.74, 6) is 0.650. The molecule has 0 fully saturated rings. The van der Waals surface area contributed by atoms with Crippen LogP contribution in [-0.4, -0.2) is 48.7 Å². The van der Waals surface area contributed by atoms with Gasteiger partial charge < -0.3 is 14.2 Å². The largest absolute Gasteiger partial charge is 0.484 e. The van der Waals surface area contributed by atoms with E-state index in [1.807, 2.05) is 35.2 Å². The lowest BCUT2D eigenvalue weighted by atomic mass is 10.1. The summed E-state index contributed by atoms with van der Waals surface area (Å²) in [6, 6.07) is 11.5. The third-order valence-electron chi connectivity index (χ3n) is 4.68. The zero-order valence-corrected chi connectivity index (χ0v) is 14.5. The average molecular weight is 352 g/mol. The van der Waals surface area contributed by atoms with Crippen LogP contribution in [0.3, 0.4) is 0 Å². The molecule has 26 heavy (non-hydrogen) atoms. The van der Waals surface area contributed by atoms with E-state index >= 15 is 0 Å². The smallest absolute Gasteiger partial charge is 0.261 e. The highest BCUT2D eigenvalue weighted by atomic mass is 16.5. The maximum Gasteiger partial charge on any atom is 0.261 e. The summed E-state index contributed by atoms with van der Waals surface area (Å²) < 4.78 is 9.47. The van der Waals surface area contributed by atoms with Gasteiger partial charge in [0, 0.05) is 25.0 Å². The number of rotatable bonds is 5. The van der Waals surface area contributed by atoms with Crippen molar-refractivity contribution in [3.8, 4) is 11.4 Å². The fourth-order valence-electron chi connectivity index (χ4n) is 3.40. The molecule has 0 bridgehead atoms. The molecule has 3 heterocycles. The predicted octanol–water partition coefficient (Wildman–Crippen LogP) is 1.84. The number of tetrazole rings is 1. The first-order valence-electron chi connectivity index (χ1n) is 8.67. The SMILES string of the molecule is CCC1c2cccn2CCN1C(=O)COc1ccc(-n2cnnn2)cc1. The first kappa shape index (κ1) is 16.3. The number of hydrogen-bond acceptors (Lipinski definition) is 5. The Labute approximate surface area is 151 Å². The molecule has 134 valence electrons. The summed E-state index contributed by atoms with van der Waals surface area (Å²) in [7, 11) is 0. The van der Waals surface area contributed by atoms with Crippen molar-refractivity contribution in [2.75, 3.05) is 13.2 Å².